The Labute approximate surface area is 151 Å². The first kappa shape index (κ1) is 16.2. The summed E-state index contributed by atoms with van der Waals surface area (Å²) >= 11 is 6.28. The quantitative estimate of drug-likeness (QED) is 0.787. The number of carbonyl (C=O) groups excluding carboxylic acids is 1. The molecule has 2 aliphatic rings. The number of nitrogens with one attached hydrogen (secondary N) is 3. The number of fused-ring (bicyclic) bond motifs is 2. The maximum absolute atomic E-state index is 12.6. The number of anilines is 1. The fraction of sp³-hybridized carbons (Fsp3) is 0.316. The van der Waals surface area contributed by atoms with Gasteiger partial charge in [0.05, 0.1) is 6.61 Å². The van der Waals surface area contributed by atoms with Gasteiger partial charge in [-0.3, -0.25) is 4.79 Å². The number of benzene rings is 2. The van der Waals surface area contributed by atoms with E-state index >= 15 is 0 Å². The average Bonchev–Trinajstić information content (AvgIpc) is 3.26. The molecule has 5 nitrogen and oxygen atoms in total. The molecule has 0 aromatic heterocycles. The Hall–Kier alpha value is -2.24. The molecule has 0 saturated heterocycles. The molecule has 2 aliphatic heterocycles. The Balaban J connectivity index is 1.71. The summed E-state index contributed by atoms with van der Waals surface area (Å²) in [4.78, 5) is 12.6. The molecule has 2 heterocycles. The monoisotopic (exact) mass is 357 g/mol. The van der Waals surface area contributed by atoms with E-state index in [4.69, 9.17) is 16.3 Å². The Bertz CT molecular complexity index is 838. The van der Waals surface area contributed by atoms with E-state index in [1.807, 2.05) is 18.2 Å². The highest BCUT2D eigenvalue weighted by atomic mass is 35.5. The molecule has 4 rings (SSSR count). The summed E-state index contributed by atoms with van der Waals surface area (Å²) in [6.45, 7) is 2.36. The number of ether oxygens (including phenoxy) is 1. The minimum Gasteiger partial charge on any atom is -0.493 e. The van der Waals surface area contributed by atoms with Crippen molar-refractivity contribution in [1.82, 2.24) is 10.6 Å². The molecule has 0 aliphatic carbocycles. The molecule has 6 heteroatoms. The lowest BCUT2D eigenvalue weighted by atomic mass is 10.00. The zero-order chi connectivity index (χ0) is 17.4. The lowest BCUT2D eigenvalue weighted by molar-refractivity contribution is -0.121. The number of rotatable bonds is 4. The first-order valence-electron chi connectivity index (χ1n) is 8.41. The van der Waals surface area contributed by atoms with Crippen LogP contribution in [-0.2, 0) is 24.3 Å². The maximum Gasteiger partial charge on any atom is 0.247 e. The second kappa shape index (κ2) is 6.58. The molecule has 2 aromatic carbocycles. The Morgan fingerprint density at radius 1 is 1.20 bits per heavy atom. The molecule has 1 amide bonds. The number of hydrogen-bond donors (Lipinski definition) is 3. The summed E-state index contributed by atoms with van der Waals surface area (Å²) in [5.74, 6) is 0.645. The molecule has 0 radical (unpaired) electrons. The summed E-state index contributed by atoms with van der Waals surface area (Å²) < 4.78 is 5.78. The summed E-state index contributed by atoms with van der Waals surface area (Å²) in [6.07, 6.45) is 0.813. The highest BCUT2D eigenvalue weighted by Crippen LogP contribution is 2.38. The van der Waals surface area contributed by atoms with Crippen molar-refractivity contribution in [3.8, 4) is 5.75 Å². The Morgan fingerprint density at radius 3 is 2.88 bits per heavy atom. The van der Waals surface area contributed by atoms with Crippen molar-refractivity contribution in [2.75, 3.05) is 19.0 Å². The van der Waals surface area contributed by atoms with Crippen molar-refractivity contribution in [3.05, 3.63) is 57.6 Å². The smallest absolute Gasteiger partial charge is 0.247 e. The van der Waals surface area contributed by atoms with Gasteiger partial charge in [0.1, 0.15) is 11.8 Å². The summed E-state index contributed by atoms with van der Waals surface area (Å²) in [5.41, 5.74) is 5.29. The Morgan fingerprint density at radius 2 is 2.04 bits per heavy atom. The van der Waals surface area contributed by atoms with E-state index in [0.717, 1.165) is 42.1 Å². The second-order valence-corrected chi connectivity index (χ2v) is 6.80. The standard InChI is InChI=1S/C19H20ClN3O2/c1-21-19(24)17(16-8-14(20)6-11-4-5-25-18(11)16)23-15-3-2-12-9-22-10-13(12)7-15/h2-3,6-8,17,22-23H,4-5,9-10H2,1H3,(H,21,24)/t17-/m1/s1. The van der Waals surface area contributed by atoms with Crippen molar-refractivity contribution in [1.29, 1.82) is 0 Å². The van der Waals surface area contributed by atoms with Gasteiger partial charge >= 0.3 is 0 Å². The average molecular weight is 358 g/mol. The predicted octanol–water partition coefficient (Wildman–Crippen LogP) is 2.78. The van der Waals surface area contributed by atoms with Crippen LogP contribution in [0.25, 0.3) is 0 Å². The van der Waals surface area contributed by atoms with E-state index in [1.54, 1.807) is 7.05 Å². The molecule has 25 heavy (non-hydrogen) atoms. The summed E-state index contributed by atoms with van der Waals surface area (Å²) in [7, 11) is 1.63. The highest BCUT2D eigenvalue weighted by molar-refractivity contribution is 6.30. The van der Waals surface area contributed by atoms with Crippen molar-refractivity contribution >= 4 is 23.2 Å². The topological polar surface area (TPSA) is 62.4 Å². The van der Waals surface area contributed by atoms with E-state index in [9.17, 15) is 4.79 Å². The number of amides is 1. The lowest BCUT2D eigenvalue weighted by Crippen LogP contribution is -2.31. The van der Waals surface area contributed by atoms with Crippen molar-refractivity contribution in [2.45, 2.75) is 25.6 Å². The normalized spacial score (nSPS) is 15.9. The van der Waals surface area contributed by atoms with Crippen molar-refractivity contribution in [2.24, 2.45) is 0 Å². The summed E-state index contributed by atoms with van der Waals surface area (Å²) in [5, 5.41) is 10.0. The van der Waals surface area contributed by atoms with Crippen LogP contribution in [0.2, 0.25) is 5.02 Å². The largest absolute Gasteiger partial charge is 0.493 e. The van der Waals surface area contributed by atoms with E-state index < -0.39 is 6.04 Å². The zero-order valence-corrected chi connectivity index (χ0v) is 14.7. The number of likely N-dealkylation sites (N-methyl/N-ethyl adjacent to an activating group) is 1. The lowest BCUT2D eigenvalue weighted by Gasteiger charge is -2.21. The fourth-order valence-electron chi connectivity index (χ4n) is 3.49. The van der Waals surface area contributed by atoms with Gasteiger partial charge in [-0.25, -0.2) is 0 Å². The van der Waals surface area contributed by atoms with Gasteiger partial charge in [0.15, 0.2) is 0 Å². The van der Waals surface area contributed by atoms with Crippen LogP contribution in [0.4, 0.5) is 5.69 Å². The second-order valence-electron chi connectivity index (χ2n) is 6.36. The van der Waals surface area contributed by atoms with Crippen LogP contribution >= 0.6 is 11.6 Å². The zero-order valence-electron chi connectivity index (χ0n) is 14.0. The van der Waals surface area contributed by atoms with Crippen molar-refractivity contribution < 1.29 is 9.53 Å². The first-order chi connectivity index (χ1) is 12.2. The van der Waals surface area contributed by atoms with Gasteiger partial charge < -0.3 is 20.7 Å². The number of carbonyl (C=O) groups is 1. The van der Waals surface area contributed by atoms with Crippen LogP contribution in [0.5, 0.6) is 5.75 Å². The van der Waals surface area contributed by atoms with Gasteiger partial charge in [-0.15, -0.1) is 0 Å². The van der Waals surface area contributed by atoms with Crippen LogP contribution in [0.3, 0.4) is 0 Å². The molecular formula is C19H20ClN3O2. The third kappa shape index (κ3) is 3.05. The number of halogens is 1. The van der Waals surface area contributed by atoms with Gasteiger partial charge in [0.25, 0.3) is 0 Å². The molecule has 2 aromatic rings. The minimum atomic E-state index is -0.567. The maximum atomic E-state index is 12.6. The van der Waals surface area contributed by atoms with Crippen molar-refractivity contribution in [3.63, 3.8) is 0 Å². The molecule has 3 N–H and O–H groups in total. The molecule has 0 fully saturated rings. The van der Waals surface area contributed by atoms with Gasteiger partial charge in [-0.1, -0.05) is 17.7 Å². The summed E-state index contributed by atoms with van der Waals surface area (Å²) in [6, 6.07) is 9.35. The van der Waals surface area contributed by atoms with Crippen LogP contribution in [0.1, 0.15) is 28.3 Å². The van der Waals surface area contributed by atoms with Gasteiger partial charge in [0.2, 0.25) is 5.91 Å². The third-order valence-corrected chi connectivity index (χ3v) is 4.96. The molecule has 0 saturated carbocycles. The SMILES string of the molecule is CNC(=O)[C@H](Nc1ccc2c(c1)CNC2)c1cc(Cl)cc2c1OCC2. The van der Waals surface area contributed by atoms with Gasteiger partial charge in [0, 0.05) is 42.8 Å². The predicted molar refractivity (Wildman–Crippen MR) is 98.1 cm³/mol. The van der Waals surface area contributed by atoms with Crippen LogP contribution in [0.15, 0.2) is 30.3 Å². The minimum absolute atomic E-state index is 0.126. The van der Waals surface area contributed by atoms with E-state index in [2.05, 4.69) is 28.1 Å². The van der Waals surface area contributed by atoms with Crippen LogP contribution in [0, 0.1) is 0 Å². The molecule has 0 spiro atoms. The Kier molecular flexibility index (Phi) is 4.27. The van der Waals surface area contributed by atoms with Crippen LogP contribution in [-0.4, -0.2) is 19.6 Å². The molecule has 1 atom stereocenters. The van der Waals surface area contributed by atoms with Crippen LogP contribution < -0.4 is 20.7 Å². The fourth-order valence-corrected chi connectivity index (χ4v) is 3.74. The number of hydrogen-bond acceptors (Lipinski definition) is 4. The molecule has 0 bridgehead atoms. The molecule has 130 valence electrons. The van der Waals surface area contributed by atoms with E-state index in [-0.39, 0.29) is 5.91 Å². The molecular weight excluding hydrogens is 338 g/mol. The molecule has 0 unspecified atom stereocenters. The van der Waals surface area contributed by atoms with Gasteiger partial charge in [-0.2, -0.15) is 0 Å². The van der Waals surface area contributed by atoms with E-state index in [1.165, 1.54) is 11.1 Å². The first-order valence-corrected chi connectivity index (χ1v) is 8.79. The third-order valence-electron chi connectivity index (χ3n) is 4.74. The van der Waals surface area contributed by atoms with E-state index in [0.29, 0.717) is 11.6 Å². The van der Waals surface area contributed by atoms with Gasteiger partial charge in [-0.05, 0) is 41.0 Å². The highest BCUT2D eigenvalue weighted by Gasteiger charge is 2.28.